The Morgan fingerprint density at radius 2 is 2.15 bits per heavy atom. The van der Waals surface area contributed by atoms with E-state index in [0.29, 0.717) is 12.3 Å². The molecule has 8 heteroatoms. The SMILES string of the molecule is CN(C)c1c(-c2ncnc3[nH]ccc23)cnn1[C@H](CC(N)=O)C1CCCC1. The smallest absolute Gasteiger partial charge is 0.219 e. The number of anilines is 1. The highest BCUT2D eigenvalue weighted by molar-refractivity contribution is 5.93. The summed E-state index contributed by atoms with van der Waals surface area (Å²) in [5.41, 5.74) is 8.14. The summed E-state index contributed by atoms with van der Waals surface area (Å²) in [6.45, 7) is 0. The minimum Gasteiger partial charge on any atom is -0.370 e. The molecule has 3 aromatic rings. The maximum atomic E-state index is 11.8. The van der Waals surface area contributed by atoms with Gasteiger partial charge in [-0.2, -0.15) is 5.10 Å². The van der Waals surface area contributed by atoms with Gasteiger partial charge < -0.3 is 15.6 Å². The third kappa shape index (κ3) is 3.15. The van der Waals surface area contributed by atoms with Crippen LogP contribution < -0.4 is 10.6 Å². The largest absolute Gasteiger partial charge is 0.370 e. The second-order valence-corrected chi connectivity index (χ2v) is 7.47. The van der Waals surface area contributed by atoms with Crippen LogP contribution in [0.4, 0.5) is 5.82 Å². The Morgan fingerprint density at radius 1 is 1.37 bits per heavy atom. The number of nitrogens with two attached hydrogens (primary N) is 1. The molecule has 8 nitrogen and oxygen atoms in total. The van der Waals surface area contributed by atoms with E-state index in [9.17, 15) is 4.79 Å². The Bertz CT molecular complexity index is 952. The number of primary amides is 1. The summed E-state index contributed by atoms with van der Waals surface area (Å²) < 4.78 is 1.98. The number of nitrogens with zero attached hydrogens (tertiary/aromatic N) is 5. The molecule has 27 heavy (non-hydrogen) atoms. The fourth-order valence-corrected chi connectivity index (χ4v) is 4.30. The minimum atomic E-state index is -0.288. The van der Waals surface area contributed by atoms with E-state index < -0.39 is 0 Å². The zero-order valence-corrected chi connectivity index (χ0v) is 15.7. The van der Waals surface area contributed by atoms with Gasteiger partial charge in [0.2, 0.25) is 5.91 Å². The van der Waals surface area contributed by atoms with Crippen molar-refractivity contribution >= 4 is 22.8 Å². The highest BCUT2D eigenvalue weighted by atomic mass is 16.1. The monoisotopic (exact) mass is 367 g/mol. The van der Waals surface area contributed by atoms with Gasteiger partial charge in [0.15, 0.2) is 0 Å². The normalized spacial score (nSPS) is 16.1. The summed E-state index contributed by atoms with van der Waals surface area (Å²) in [6, 6.07) is 1.94. The van der Waals surface area contributed by atoms with Crippen LogP contribution >= 0.6 is 0 Å². The molecule has 4 rings (SSSR count). The number of aromatic amines is 1. The van der Waals surface area contributed by atoms with E-state index >= 15 is 0 Å². The van der Waals surface area contributed by atoms with Crippen molar-refractivity contribution in [2.45, 2.75) is 38.1 Å². The molecule has 0 radical (unpaired) electrons. The number of aromatic nitrogens is 5. The number of H-pyrrole nitrogens is 1. The number of hydrogen-bond donors (Lipinski definition) is 2. The van der Waals surface area contributed by atoms with Gasteiger partial charge in [-0.1, -0.05) is 12.8 Å². The van der Waals surface area contributed by atoms with E-state index in [4.69, 9.17) is 10.8 Å². The zero-order valence-electron chi connectivity index (χ0n) is 15.7. The molecule has 3 aromatic heterocycles. The Balaban J connectivity index is 1.84. The maximum absolute atomic E-state index is 11.8. The molecule has 0 aliphatic heterocycles. The summed E-state index contributed by atoms with van der Waals surface area (Å²) in [5, 5.41) is 5.65. The van der Waals surface area contributed by atoms with Crippen LogP contribution in [0.2, 0.25) is 0 Å². The molecule has 1 aliphatic rings. The summed E-state index contributed by atoms with van der Waals surface area (Å²) in [7, 11) is 3.98. The number of hydrogen-bond acceptors (Lipinski definition) is 5. The average molecular weight is 367 g/mol. The predicted molar refractivity (Wildman–Crippen MR) is 104 cm³/mol. The molecule has 3 heterocycles. The first-order valence-electron chi connectivity index (χ1n) is 9.38. The third-order valence-corrected chi connectivity index (χ3v) is 5.47. The molecule has 0 unspecified atom stereocenters. The summed E-state index contributed by atoms with van der Waals surface area (Å²) in [6.07, 6.45) is 10.2. The number of rotatable bonds is 6. The van der Waals surface area contributed by atoms with Crippen LogP contribution in [0.1, 0.15) is 38.1 Å². The van der Waals surface area contributed by atoms with Crippen LogP contribution in [0.3, 0.4) is 0 Å². The van der Waals surface area contributed by atoms with Crippen molar-refractivity contribution in [2.24, 2.45) is 11.7 Å². The molecule has 1 aliphatic carbocycles. The number of amides is 1. The van der Waals surface area contributed by atoms with Gasteiger partial charge in [-0.3, -0.25) is 4.79 Å². The first kappa shape index (κ1) is 17.5. The van der Waals surface area contributed by atoms with Crippen LogP contribution in [0.15, 0.2) is 24.8 Å². The molecule has 1 fully saturated rings. The van der Waals surface area contributed by atoms with Gasteiger partial charge in [-0.15, -0.1) is 0 Å². The van der Waals surface area contributed by atoms with E-state index in [1.165, 1.54) is 12.8 Å². The number of fused-ring (bicyclic) bond motifs is 1. The Hall–Kier alpha value is -2.90. The summed E-state index contributed by atoms with van der Waals surface area (Å²) in [4.78, 5) is 25.7. The quantitative estimate of drug-likeness (QED) is 0.696. The summed E-state index contributed by atoms with van der Waals surface area (Å²) >= 11 is 0. The lowest BCUT2D eigenvalue weighted by Gasteiger charge is -2.27. The van der Waals surface area contributed by atoms with Crippen LogP contribution in [0.5, 0.6) is 0 Å². The molecule has 1 saturated carbocycles. The van der Waals surface area contributed by atoms with Gasteiger partial charge in [-0.05, 0) is 24.8 Å². The second kappa shape index (κ2) is 7.02. The van der Waals surface area contributed by atoms with Gasteiger partial charge >= 0.3 is 0 Å². The van der Waals surface area contributed by atoms with Crippen LogP contribution in [0, 0.1) is 5.92 Å². The van der Waals surface area contributed by atoms with Crippen molar-refractivity contribution in [1.29, 1.82) is 0 Å². The Labute approximate surface area is 157 Å². The van der Waals surface area contributed by atoms with E-state index in [-0.39, 0.29) is 11.9 Å². The van der Waals surface area contributed by atoms with E-state index in [0.717, 1.165) is 41.0 Å². The van der Waals surface area contributed by atoms with Crippen LogP contribution in [0.25, 0.3) is 22.3 Å². The minimum absolute atomic E-state index is 0.0281. The zero-order chi connectivity index (χ0) is 19.0. The Kier molecular flexibility index (Phi) is 4.55. The van der Waals surface area contributed by atoms with Gasteiger partial charge in [0.25, 0.3) is 0 Å². The lowest BCUT2D eigenvalue weighted by Crippen LogP contribution is -2.28. The highest BCUT2D eigenvalue weighted by Crippen LogP contribution is 2.41. The lowest BCUT2D eigenvalue weighted by molar-refractivity contribution is -0.119. The summed E-state index contributed by atoms with van der Waals surface area (Å²) in [5.74, 6) is 1.07. The number of carbonyl (C=O) groups excluding carboxylic acids is 1. The number of nitrogens with one attached hydrogen (secondary N) is 1. The van der Waals surface area contributed by atoms with Crippen LogP contribution in [-0.4, -0.2) is 44.7 Å². The molecule has 1 amide bonds. The predicted octanol–water partition coefficient (Wildman–Crippen LogP) is 2.49. The standard InChI is InChI=1S/C19H25N7O/c1-25(2)19-14(17-13-7-8-21-18(13)23-11-22-17)10-24-26(19)15(9-16(20)27)12-5-3-4-6-12/h7-8,10-12,15H,3-6,9H2,1-2H3,(H2,20,27)(H,21,22,23)/t15-/m1/s1. The van der Waals surface area contributed by atoms with Crippen molar-refractivity contribution in [1.82, 2.24) is 24.7 Å². The van der Waals surface area contributed by atoms with Crippen molar-refractivity contribution in [2.75, 3.05) is 19.0 Å². The molecule has 1 atom stereocenters. The average Bonchev–Trinajstić information content (AvgIpc) is 3.38. The van der Waals surface area contributed by atoms with Crippen molar-refractivity contribution in [3.8, 4) is 11.3 Å². The fraction of sp³-hybridized carbons (Fsp3) is 0.474. The van der Waals surface area contributed by atoms with Crippen molar-refractivity contribution < 1.29 is 4.79 Å². The Morgan fingerprint density at radius 3 is 2.85 bits per heavy atom. The molecule has 0 spiro atoms. The van der Waals surface area contributed by atoms with Crippen molar-refractivity contribution in [3.05, 3.63) is 24.8 Å². The molecular formula is C19H25N7O. The molecular weight excluding hydrogens is 342 g/mol. The molecule has 3 N–H and O–H groups in total. The molecule has 0 saturated heterocycles. The topological polar surface area (TPSA) is 106 Å². The van der Waals surface area contributed by atoms with Gasteiger partial charge in [0.1, 0.15) is 17.8 Å². The van der Waals surface area contributed by atoms with Gasteiger partial charge in [-0.25, -0.2) is 14.6 Å². The first-order chi connectivity index (χ1) is 13.1. The van der Waals surface area contributed by atoms with E-state index in [1.807, 2.05) is 42.1 Å². The fourth-order valence-electron chi connectivity index (χ4n) is 4.30. The van der Waals surface area contributed by atoms with Gasteiger partial charge in [0, 0.05) is 32.1 Å². The van der Waals surface area contributed by atoms with E-state index in [1.54, 1.807) is 6.33 Å². The van der Waals surface area contributed by atoms with Gasteiger partial charge in [0.05, 0.1) is 23.5 Å². The molecule has 0 aromatic carbocycles. The third-order valence-electron chi connectivity index (χ3n) is 5.47. The lowest BCUT2D eigenvalue weighted by atomic mass is 9.95. The highest BCUT2D eigenvalue weighted by Gasteiger charge is 2.32. The molecule has 0 bridgehead atoms. The molecule has 142 valence electrons. The van der Waals surface area contributed by atoms with Crippen molar-refractivity contribution in [3.63, 3.8) is 0 Å². The number of carbonyl (C=O) groups is 1. The van der Waals surface area contributed by atoms with E-state index in [2.05, 4.69) is 15.0 Å². The maximum Gasteiger partial charge on any atom is 0.219 e. The van der Waals surface area contributed by atoms with Crippen LogP contribution in [-0.2, 0) is 4.79 Å². The second-order valence-electron chi connectivity index (χ2n) is 7.47. The first-order valence-corrected chi connectivity index (χ1v) is 9.38.